The number of halogens is 1. The molecule has 2 rings (SSSR count). The van der Waals surface area contributed by atoms with Crippen LogP contribution in [0.5, 0.6) is 0 Å². The molecule has 0 radical (unpaired) electrons. The van der Waals surface area contributed by atoms with Gasteiger partial charge in [0.1, 0.15) is 5.02 Å². The van der Waals surface area contributed by atoms with E-state index in [1.165, 1.54) is 0 Å². The number of nitro groups is 1. The molecule has 0 amide bonds. The van der Waals surface area contributed by atoms with Crippen molar-refractivity contribution in [1.82, 2.24) is 4.90 Å². The Kier molecular flexibility index (Phi) is 4.62. The molecular weight excluding hydrogens is 280 g/mol. The number of piperidine rings is 1. The van der Waals surface area contributed by atoms with Gasteiger partial charge >= 0.3 is 0 Å². The zero-order valence-corrected chi connectivity index (χ0v) is 12.5. The van der Waals surface area contributed by atoms with E-state index in [0.717, 1.165) is 31.5 Å². The first-order valence-corrected chi connectivity index (χ1v) is 7.02. The second kappa shape index (κ2) is 6.08. The highest BCUT2D eigenvalue weighted by Gasteiger charge is 2.30. The number of ether oxygens (including phenoxy) is 1. The van der Waals surface area contributed by atoms with E-state index < -0.39 is 4.92 Å². The van der Waals surface area contributed by atoms with Crippen LogP contribution in [0.3, 0.4) is 0 Å². The third-order valence-electron chi connectivity index (χ3n) is 3.84. The van der Waals surface area contributed by atoms with E-state index in [0.29, 0.717) is 6.54 Å². The highest BCUT2D eigenvalue weighted by molar-refractivity contribution is 6.32. The second-order valence-electron chi connectivity index (χ2n) is 5.51. The number of nitrogens with zero attached hydrogens (tertiary/aromatic N) is 2. The van der Waals surface area contributed by atoms with Crippen molar-refractivity contribution in [2.75, 3.05) is 20.2 Å². The van der Waals surface area contributed by atoms with Gasteiger partial charge in [-0.3, -0.25) is 15.0 Å². The molecule has 20 heavy (non-hydrogen) atoms. The number of nitro benzene ring substituents is 1. The van der Waals surface area contributed by atoms with Crippen LogP contribution in [-0.2, 0) is 11.3 Å². The van der Waals surface area contributed by atoms with E-state index in [-0.39, 0.29) is 16.3 Å². The van der Waals surface area contributed by atoms with Crippen LogP contribution < -0.4 is 0 Å². The van der Waals surface area contributed by atoms with E-state index in [9.17, 15) is 10.1 Å². The van der Waals surface area contributed by atoms with Crippen LogP contribution in [0.1, 0.15) is 25.3 Å². The SMILES string of the molecule is COC1(C)CCCN(Cc2ccc(Cl)c([N+](=O)[O-])c2)C1. The molecule has 0 spiro atoms. The monoisotopic (exact) mass is 298 g/mol. The second-order valence-corrected chi connectivity index (χ2v) is 5.92. The number of benzene rings is 1. The van der Waals surface area contributed by atoms with E-state index in [1.54, 1.807) is 19.2 Å². The average Bonchev–Trinajstić information content (AvgIpc) is 2.41. The number of hydrogen-bond acceptors (Lipinski definition) is 4. The quantitative estimate of drug-likeness (QED) is 0.632. The highest BCUT2D eigenvalue weighted by Crippen LogP contribution is 2.28. The smallest absolute Gasteiger partial charge is 0.288 e. The van der Waals surface area contributed by atoms with Crippen molar-refractivity contribution >= 4 is 17.3 Å². The Hall–Kier alpha value is -1.17. The van der Waals surface area contributed by atoms with Crippen LogP contribution >= 0.6 is 11.6 Å². The van der Waals surface area contributed by atoms with Crippen molar-refractivity contribution in [2.24, 2.45) is 0 Å². The molecule has 0 N–H and O–H groups in total. The maximum atomic E-state index is 10.9. The minimum atomic E-state index is -0.443. The standard InChI is InChI=1S/C14H19ClN2O3/c1-14(20-2)6-3-7-16(10-14)9-11-4-5-12(15)13(8-11)17(18)19/h4-5,8H,3,6-7,9-10H2,1-2H3. The summed E-state index contributed by atoms with van der Waals surface area (Å²) in [7, 11) is 1.73. The third kappa shape index (κ3) is 3.48. The van der Waals surface area contributed by atoms with Crippen LogP contribution in [-0.4, -0.2) is 35.6 Å². The van der Waals surface area contributed by atoms with Crippen molar-refractivity contribution in [3.8, 4) is 0 Å². The summed E-state index contributed by atoms with van der Waals surface area (Å²) in [6.07, 6.45) is 2.11. The summed E-state index contributed by atoms with van der Waals surface area (Å²) in [6.45, 7) is 4.59. The van der Waals surface area contributed by atoms with Gasteiger partial charge in [0.05, 0.1) is 10.5 Å². The Morgan fingerprint density at radius 1 is 1.55 bits per heavy atom. The molecule has 0 aliphatic carbocycles. The van der Waals surface area contributed by atoms with Crippen molar-refractivity contribution < 1.29 is 9.66 Å². The first-order chi connectivity index (χ1) is 9.43. The molecule has 1 unspecified atom stereocenters. The average molecular weight is 299 g/mol. The number of likely N-dealkylation sites (tertiary alicyclic amines) is 1. The summed E-state index contributed by atoms with van der Waals surface area (Å²) in [5.74, 6) is 0. The summed E-state index contributed by atoms with van der Waals surface area (Å²) in [4.78, 5) is 12.7. The minimum Gasteiger partial charge on any atom is -0.377 e. The van der Waals surface area contributed by atoms with Crippen LogP contribution in [0, 0.1) is 10.1 Å². The van der Waals surface area contributed by atoms with Gasteiger partial charge in [-0.25, -0.2) is 0 Å². The molecule has 1 saturated heterocycles. The zero-order chi connectivity index (χ0) is 14.8. The molecule has 0 saturated carbocycles. The molecular formula is C14H19ClN2O3. The lowest BCUT2D eigenvalue weighted by Gasteiger charge is -2.39. The summed E-state index contributed by atoms with van der Waals surface area (Å²) in [5, 5.41) is 11.1. The Balaban J connectivity index is 2.10. The maximum Gasteiger partial charge on any atom is 0.288 e. The Bertz CT molecular complexity index is 509. The lowest BCUT2D eigenvalue weighted by Crippen LogP contribution is -2.46. The van der Waals surface area contributed by atoms with Gasteiger partial charge in [-0.1, -0.05) is 17.7 Å². The third-order valence-corrected chi connectivity index (χ3v) is 4.16. The van der Waals surface area contributed by atoms with E-state index in [4.69, 9.17) is 16.3 Å². The normalized spacial score (nSPS) is 23.8. The van der Waals surface area contributed by atoms with E-state index >= 15 is 0 Å². The molecule has 0 aromatic heterocycles. The maximum absolute atomic E-state index is 10.9. The molecule has 1 fully saturated rings. The van der Waals surface area contributed by atoms with Gasteiger partial charge in [-0.05, 0) is 37.9 Å². The predicted octanol–water partition coefficient (Wildman–Crippen LogP) is 3.25. The van der Waals surface area contributed by atoms with Crippen molar-refractivity contribution in [3.05, 3.63) is 38.9 Å². The minimum absolute atomic E-state index is 0.0318. The van der Waals surface area contributed by atoms with E-state index in [1.807, 2.05) is 6.07 Å². The molecule has 1 aliphatic heterocycles. The Morgan fingerprint density at radius 2 is 2.30 bits per heavy atom. The number of hydrogen-bond donors (Lipinski definition) is 0. The van der Waals surface area contributed by atoms with Crippen LogP contribution in [0.2, 0.25) is 5.02 Å². The fourth-order valence-corrected chi connectivity index (χ4v) is 2.85. The van der Waals surface area contributed by atoms with E-state index in [2.05, 4.69) is 11.8 Å². The Morgan fingerprint density at radius 3 is 2.95 bits per heavy atom. The molecule has 110 valence electrons. The molecule has 1 aromatic rings. The summed E-state index contributed by atoms with van der Waals surface area (Å²) >= 11 is 5.83. The largest absolute Gasteiger partial charge is 0.377 e. The van der Waals surface area contributed by atoms with Gasteiger partial charge in [0, 0.05) is 26.3 Å². The lowest BCUT2D eigenvalue weighted by molar-refractivity contribution is -0.384. The first-order valence-electron chi connectivity index (χ1n) is 6.64. The summed E-state index contributed by atoms with van der Waals surface area (Å²) in [5.41, 5.74) is 0.744. The summed E-state index contributed by atoms with van der Waals surface area (Å²) in [6, 6.07) is 4.99. The Labute approximate surface area is 123 Å². The topological polar surface area (TPSA) is 55.6 Å². The van der Waals surface area contributed by atoms with Gasteiger partial charge in [-0.15, -0.1) is 0 Å². The van der Waals surface area contributed by atoms with Crippen LogP contribution in [0.25, 0.3) is 0 Å². The fraction of sp³-hybridized carbons (Fsp3) is 0.571. The molecule has 1 aliphatic rings. The van der Waals surface area contributed by atoms with Gasteiger partial charge in [-0.2, -0.15) is 0 Å². The van der Waals surface area contributed by atoms with Crippen molar-refractivity contribution in [3.63, 3.8) is 0 Å². The molecule has 1 atom stereocenters. The van der Waals surface area contributed by atoms with Gasteiger partial charge in [0.2, 0.25) is 0 Å². The van der Waals surface area contributed by atoms with Gasteiger partial charge in [0.15, 0.2) is 0 Å². The zero-order valence-electron chi connectivity index (χ0n) is 11.8. The van der Waals surface area contributed by atoms with Gasteiger partial charge < -0.3 is 4.74 Å². The molecule has 5 nitrogen and oxygen atoms in total. The summed E-state index contributed by atoms with van der Waals surface area (Å²) < 4.78 is 5.56. The lowest BCUT2D eigenvalue weighted by atomic mass is 9.94. The predicted molar refractivity (Wildman–Crippen MR) is 78.0 cm³/mol. The molecule has 1 heterocycles. The molecule has 6 heteroatoms. The van der Waals surface area contributed by atoms with Crippen LogP contribution in [0.4, 0.5) is 5.69 Å². The van der Waals surface area contributed by atoms with Crippen molar-refractivity contribution in [1.29, 1.82) is 0 Å². The van der Waals surface area contributed by atoms with Crippen molar-refractivity contribution in [2.45, 2.75) is 31.9 Å². The fourth-order valence-electron chi connectivity index (χ4n) is 2.66. The first kappa shape index (κ1) is 15.2. The van der Waals surface area contributed by atoms with Gasteiger partial charge in [0.25, 0.3) is 5.69 Å². The number of methoxy groups -OCH3 is 1. The number of rotatable bonds is 4. The molecule has 1 aromatic carbocycles. The molecule has 0 bridgehead atoms. The highest BCUT2D eigenvalue weighted by atomic mass is 35.5. The van der Waals surface area contributed by atoms with Crippen LogP contribution in [0.15, 0.2) is 18.2 Å².